The van der Waals surface area contributed by atoms with Gasteiger partial charge in [-0.05, 0) is 64.1 Å². The summed E-state index contributed by atoms with van der Waals surface area (Å²) in [5, 5.41) is 3.72. The molecule has 1 aliphatic rings. The van der Waals surface area contributed by atoms with Crippen molar-refractivity contribution in [3.05, 3.63) is 0 Å². The van der Waals surface area contributed by atoms with E-state index in [9.17, 15) is 0 Å². The zero-order valence-electron chi connectivity index (χ0n) is 13.2. The maximum Gasteiger partial charge on any atom is 0.0120 e. The molecule has 2 nitrogen and oxygen atoms in total. The quantitative estimate of drug-likeness (QED) is 0.748. The van der Waals surface area contributed by atoms with Crippen molar-refractivity contribution in [1.29, 1.82) is 0 Å². The van der Waals surface area contributed by atoms with Crippen molar-refractivity contribution in [3.63, 3.8) is 0 Å². The lowest BCUT2D eigenvalue weighted by Gasteiger charge is -2.43. The van der Waals surface area contributed by atoms with Gasteiger partial charge in [-0.15, -0.1) is 0 Å². The van der Waals surface area contributed by atoms with Crippen LogP contribution in [0.15, 0.2) is 0 Å². The van der Waals surface area contributed by atoms with Crippen LogP contribution in [-0.4, -0.2) is 36.6 Å². The number of rotatable bonds is 7. The summed E-state index contributed by atoms with van der Waals surface area (Å²) in [5.41, 5.74) is 0. The maximum absolute atomic E-state index is 3.72. The van der Waals surface area contributed by atoms with Gasteiger partial charge in [0.1, 0.15) is 0 Å². The standard InChI is InChI=1S/C16H34N2/c1-6-10-17-16-9-12-18(15(5)14(16)4)11-7-8-13(2)3/h13-17H,6-12H2,1-5H3. The maximum atomic E-state index is 3.72. The van der Waals surface area contributed by atoms with E-state index in [2.05, 4.69) is 44.8 Å². The summed E-state index contributed by atoms with van der Waals surface area (Å²) in [4.78, 5) is 2.71. The van der Waals surface area contributed by atoms with Crippen LogP contribution < -0.4 is 5.32 Å². The van der Waals surface area contributed by atoms with Crippen molar-refractivity contribution in [2.24, 2.45) is 11.8 Å². The second-order valence-electron chi connectivity index (χ2n) is 6.52. The van der Waals surface area contributed by atoms with Crippen molar-refractivity contribution in [3.8, 4) is 0 Å². The highest BCUT2D eigenvalue weighted by atomic mass is 15.2. The van der Waals surface area contributed by atoms with Crippen LogP contribution in [0.5, 0.6) is 0 Å². The minimum absolute atomic E-state index is 0.736. The third-order valence-electron chi connectivity index (χ3n) is 4.58. The highest BCUT2D eigenvalue weighted by molar-refractivity contribution is 4.88. The Morgan fingerprint density at radius 1 is 1.28 bits per heavy atom. The second kappa shape index (κ2) is 8.16. The number of hydrogen-bond donors (Lipinski definition) is 1. The average molecular weight is 254 g/mol. The van der Waals surface area contributed by atoms with Crippen LogP contribution in [0.3, 0.4) is 0 Å². The molecule has 1 saturated heterocycles. The van der Waals surface area contributed by atoms with Gasteiger partial charge in [0.05, 0.1) is 0 Å². The topological polar surface area (TPSA) is 15.3 Å². The molecule has 1 heterocycles. The molecule has 3 atom stereocenters. The first-order valence-electron chi connectivity index (χ1n) is 8.03. The van der Waals surface area contributed by atoms with Crippen LogP contribution in [0.25, 0.3) is 0 Å². The Balaban J connectivity index is 2.33. The van der Waals surface area contributed by atoms with E-state index >= 15 is 0 Å². The fraction of sp³-hybridized carbons (Fsp3) is 1.00. The van der Waals surface area contributed by atoms with Gasteiger partial charge in [0.15, 0.2) is 0 Å². The molecule has 18 heavy (non-hydrogen) atoms. The van der Waals surface area contributed by atoms with Gasteiger partial charge < -0.3 is 10.2 Å². The van der Waals surface area contributed by atoms with Crippen LogP contribution in [0.1, 0.15) is 60.3 Å². The lowest BCUT2D eigenvalue weighted by Crippen LogP contribution is -2.53. The SMILES string of the molecule is CCCNC1CCN(CCCC(C)C)C(C)C1C. The summed E-state index contributed by atoms with van der Waals surface area (Å²) < 4.78 is 0. The van der Waals surface area contributed by atoms with Crippen molar-refractivity contribution in [1.82, 2.24) is 10.2 Å². The molecule has 108 valence electrons. The molecule has 2 heteroatoms. The molecule has 0 bridgehead atoms. The molecule has 0 aromatic heterocycles. The third kappa shape index (κ3) is 4.89. The first kappa shape index (κ1) is 16.0. The second-order valence-corrected chi connectivity index (χ2v) is 6.52. The molecule has 0 saturated carbocycles. The molecule has 0 aromatic carbocycles. The van der Waals surface area contributed by atoms with E-state index in [1.54, 1.807) is 0 Å². The molecule has 1 fully saturated rings. The summed E-state index contributed by atoms with van der Waals surface area (Å²) in [6.07, 6.45) is 5.31. The fourth-order valence-corrected chi connectivity index (χ4v) is 3.08. The molecule has 0 amide bonds. The normalized spacial score (nSPS) is 30.0. The fourth-order valence-electron chi connectivity index (χ4n) is 3.08. The zero-order valence-corrected chi connectivity index (χ0v) is 13.2. The van der Waals surface area contributed by atoms with Crippen molar-refractivity contribution in [2.45, 2.75) is 72.4 Å². The summed E-state index contributed by atoms with van der Waals surface area (Å²) >= 11 is 0. The van der Waals surface area contributed by atoms with Crippen LogP contribution >= 0.6 is 0 Å². The Labute approximate surface area is 115 Å². The van der Waals surface area contributed by atoms with E-state index < -0.39 is 0 Å². The Morgan fingerprint density at radius 3 is 2.61 bits per heavy atom. The van der Waals surface area contributed by atoms with Gasteiger partial charge in [-0.25, -0.2) is 0 Å². The minimum Gasteiger partial charge on any atom is -0.314 e. The lowest BCUT2D eigenvalue weighted by atomic mass is 9.86. The molecule has 3 unspecified atom stereocenters. The predicted octanol–water partition coefficient (Wildman–Crippen LogP) is 3.52. The van der Waals surface area contributed by atoms with Gasteiger partial charge in [-0.2, -0.15) is 0 Å². The van der Waals surface area contributed by atoms with Crippen molar-refractivity contribution >= 4 is 0 Å². The van der Waals surface area contributed by atoms with E-state index in [1.807, 2.05) is 0 Å². The molecule has 0 spiro atoms. The third-order valence-corrected chi connectivity index (χ3v) is 4.58. The number of piperidine rings is 1. The average Bonchev–Trinajstić information content (AvgIpc) is 2.33. The van der Waals surface area contributed by atoms with E-state index in [0.717, 1.165) is 23.9 Å². The van der Waals surface area contributed by atoms with Crippen LogP contribution in [0.2, 0.25) is 0 Å². The number of nitrogens with zero attached hydrogens (tertiary/aromatic N) is 1. The Kier molecular flexibility index (Phi) is 7.25. The molecule has 0 aromatic rings. The van der Waals surface area contributed by atoms with Crippen LogP contribution in [0.4, 0.5) is 0 Å². The van der Waals surface area contributed by atoms with Gasteiger partial charge in [0.25, 0.3) is 0 Å². The highest BCUT2D eigenvalue weighted by Gasteiger charge is 2.31. The smallest absolute Gasteiger partial charge is 0.0120 e. The van der Waals surface area contributed by atoms with Gasteiger partial charge in [-0.1, -0.05) is 27.7 Å². The van der Waals surface area contributed by atoms with Gasteiger partial charge in [0, 0.05) is 12.1 Å². The summed E-state index contributed by atoms with van der Waals surface area (Å²) in [7, 11) is 0. The molecular formula is C16H34N2. The number of nitrogens with one attached hydrogen (secondary N) is 1. The predicted molar refractivity (Wildman–Crippen MR) is 81.0 cm³/mol. The largest absolute Gasteiger partial charge is 0.314 e. The van der Waals surface area contributed by atoms with Crippen LogP contribution in [0, 0.1) is 11.8 Å². The molecular weight excluding hydrogens is 220 g/mol. The van der Waals surface area contributed by atoms with E-state index in [0.29, 0.717) is 0 Å². The lowest BCUT2D eigenvalue weighted by molar-refractivity contribution is 0.0826. The monoisotopic (exact) mass is 254 g/mol. The summed E-state index contributed by atoms with van der Waals surface area (Å²) in [6.45, 7) is 15.5. The van der Waals surface area contributed by atoms with Crippen LogP contribution in [-0.2, 0) is 0 Å². The Bertz CT molecular complexity index is 215. The number of hydrogen-bond acceptors (Lipinski definition) is 2. The summed E-state index contributed by atoms with van der Waals surface area (Å²) in [5.74, 6) is 1.63. The molecule has 1 aliphatic heterocycles. The zero-order chi connectivity index (χ0) is 13.5. The van der Waals surface area contributed by atoms with E-state index in [-0.39, 0.29) is 0 Å². The molecule has 1 N–H and O–H groups in total. The van der Waals surface area contributed by atoms with E-state index in [4.69, 9.17) is 0 Å². The van der Waals surface area contributed by atoms with Crippen molar-refractivity contribution in [2.75, 3.05) is 19.6 Å². The Hall–Kier alpha value is -0.0800. The Morgan fingerprint density at radius 2 is 2.00 bits per heavy atom. The first-order chi connectivity index (χ1) is 8.56. The highest BCUT2D eigenvalue weighted by Crippen LogP contribution is 2.24. The molecule has 0 radical (unpaired) electrons. The van der Waals surface area contributed by atoms with Crippen molar-refractivity contribution < 1.29 is 0 Å². The van der Waals surface area contributed by atoms with E-state index in [1.165, 1.54) is 45.3 Å². The molecule has 0 aliphatic carbocycles. The number of likely N-dealkylation sites (tertiary alicyclic amines) is 1. The van der Waals surface area contributed by atoms with Gasteiger partial charge >= 0.3 is 0 Å². The minimum atomic E-state index is 0.736. The first-order valence-corrected chi connectivity index (χ1v) is 8.03. The molecule has 1 rings (SSSR count). The summed E-state index contributed by atoms with van der Waals surface area (Å²) in [6, 6.07) is 1.47. The van der Waals surface area contributed by atoms with Gasteiger partial charge in [0.2, 0.25) is 0 Å². The van der Waals surface area contributed by atoms with Gasteiger partial charge in [-0.3, -0.25) is 0 Å².